The fourth-order valence-electron chi connectivity index (χ4n) is 3.36. The van der Waals surface area contributed by atoms with Gasteiger partial charge in [-0.15, -0.1) is 24.0 Å². The molecule has 27 heavy (non-hydrogen) atoms. The van der Waals surface area contributed by atoms with E-state index in [-0.39, 0.29) is 36.0 Å². The molecule has 2 fully saturated rings. The van der Waals surface area contributed by atoms with Crippen molar-refractivity contribution in [3.63, 3.8) is 0 Å². The first-order valence-corrected chi connectivity index (χ1v) is 8.98. The Labute approximate surface area is 175 Å². The standard InChI is InChI=1S/C16H28F3N5O2.HI/c1-3-26-15(25)24-8-6-23(7-9-24)14(20-2)21-10-13-4-5-22(11-13)12-16(17,18)19;/h13H,3-12H2,1-2H3,(H,20,21);1H. The summed E-state index contributed by atoms with van der Waals surface area (Å²) in [6.07, 6.45) is -3.70. The summed E-state index contributed by atoms with van der Waals surface area (Å²) in [5, 5.41) is 3.27. The Morgan fingerprint density at radius 3 is 2.37 bits per heavy atom. The van der Waals surface area contributed by atoms with E-state index in [9.17, 15) is 18.0 Å². The molecule has 1 unspecified atom stereocenters. The zero-order valence-corrected chi connectivity index (χ0v) is 18.1. The highest BCUT2D eigenvalue weighted by atomic mass is 127. The van der Waals surface area contributed by atoms with Crippen molar-refractivity contribution in [1.82, 2.24) is 20.0 Å². The van der Waals surface area contributed by atoms with E-state index < -0.39 is 12.7 Å². The van der Waals surface area contributed by atoms with E-state index in [1.165, 1.54) is 4.90 Å². The summed E-state index contributed by atoms with van der Waals surface area (Å²) in [4.78, 5) is 21.2. The monoisotopic (exact) mass is 507 g/mol. The number of piperazine rings is 1. The molecule has 11 heteroatoms. The maximum atomic E-state index is 12.5. The molecule has 2 rings (SSSR count). The molecular formula is C16H29F3IN5O2. The molecule has 2 aliphatic rings. The Hall–Kier alpha value is -0.980. The van der Waals surface area contributed by atoms with Gasteiger partial charge in [0.05, 0.1) is 13.2 Å². The van der Waals surface area contributed by atoms with Crippen LogP contribution in [0, 0.1) is 5.92 Å². The summed E-state index contributed by atoms with van der Waals surface area (Å²) in [6, 6.07) is 0. The molecule has 1 atom stereocenters. The van der Waals surface area contributed by atoms with Gasteiger partial charge in [0.25, 0.3) is 0 Å². The van der Waals surface area contributed by atoms with Gasteiger partial charge in [0.2, 0.25) is 0 Å². The van der Waals surface area contributed by atoms with E-state index in [0.717, 1.165) is 12.4 Å². The van der Waals surface area contributed by atoms with Gasteiger partial charge < -0.3 is 19.9 Å². The number of carbonyl (C=O) groups is 1. The smallest absolute Gasteiger partial charge is 0.409 e. The van der Waals surface area contributed by atoms with E-state index >= 15 is 0 Å². The minimum Gasteiger partial charge on any atom is -0.450 e. The number of amides is 1. The second-order valence-electron chi connectivity index (χ2n) is 6.61. The van der Waals surface area contributed by atoms with Crippen molar-refractivity contribution in [2.24, 2.45) is 10.9 Å². The number of alkyl halides is 3. The Kier molecular flexibility index (Phi) is 9.91. The maximum absolute atomic E-state index is 12.5. The molecule has 0 aromatic rings. The van der Waals surface area contributed by atoms with Gasteiger partial charge in [-0.3, -0.25) is 9.89 Å². The number of ether oxygens (including phenoxy) is 1. The van der Waals surface area contributed by atoms with Gasteiger partial charge in [0.15, 0.2) is 5.96 Å². The molecule has 0 aromatic heterocycles. The molecule has 0 radical (unpaired) electrons. The van der Waals surface area contributed by atoms with Crippen LogP contribution in [0.4, 0.5) is 18.0 Å². The highest BCUT2D eigenvalue weighted by molar-refractivity contribution is 14.0. The van der Waals surface area contributed by atoms with E-state index in [1.54, 1.807) is 18.9 Å². The molecule has 0 bridgehead atoms. The average molecular weight is 507 g/mol. The van der Waals surface area contributed by atoms with Gasteiger partial charge in [0, 0.05) is 46.3 Å². The predicted octanol–water partition coefficient (Wildman–Crippen LogP) is 1.84. The number of carbonyl (C=O) groups excluding carboxylic acids is 1. The van der Waals surface area contributed by atoms with Gasteiger partial charge in [-0.1, -0.05) is 0 Å². The summed E-state index contributed by atoms with van der Waals surface area (Å²) in [7, 11) is 1.69. The van der Waals surface area contributed by atoms with Gasteiger partial charge >= 0.3 is 12.3 Å². The Morgan fingerprint density at radius 1 is 1.19 bits per heavy atom. The molecule has 7 nitrogen and oxygen atoms in total. The molecule has 2 heterocycles. The molecule has 0 aromatic carbocycles. The largest absolute Gasteiger partial charge is 0.450 e. The Morgan fingerprint density at radius 2 is 1.81 bits per heavy atom. The zero-order valence-electron chi connectivity index (χ0n) is 15.8. The normalized spacial score (nSPS) is 21.8. The van der Waals surface area contributed by atoms with E-state index in [2.05, 4.69) is 15.2 Å². The van der Waals surface area contributed by atoms with Crippen molar-refractivity contribution in [2.45, 2.75) is 19.5 Å². The molecule has 158 valence electrons. The van der Waals surface area contributed by atoms with Crippen LogP contribution in [0.25, 0.3) is 0 Å². The fraction of sp³-hybridized carbons (Fsp3) is 0.875. The third-order valence-corrected chi connectivity index (χ3v) is 4.64. The van der Waals surface area contributed by atoms with Crippen LogP contribution >= 0.6 is 24.0 Å². The van der Waals surface area contributed by atoms with Crippen molar-refractivity contribution in [1.29, 1.82) is 0 Å². The number of nitrogens with one attached hydrogen (secondary N) is 1. The first-order chi connectivity index (χ1) is 12.3. The number of hydrogen-bond acceptors (Lipinski definition) is 4. The molecule has 0 spiro atoms. The SMILES string of the molecule is CCOC(=O)N1CCN(C(=NC)NCC2CCN(CC(F)(F)F)C2)CC1.I. The summed E-state index contributed by atoms with van der Waals surface area (Å²) >= 11 is 0. The van der Waals surface area contributed by atoms with Crippen LogP contribution in [0.2, 0.25) is 0 Å². The molecule has 1 amide bonds. The van der Waals surface area contributed by atoms with Crippen molar-refractivity contribution < 1.29 is 22.7 Å². The third-order valence-electron chi connectivity index (χ3n) is 4.64. The number of halogens is 4. The minimum absolute atomic E-state index is 0. The van der Waals surface area contributed by atoms with Crippen molar-refractivity contribution in [3.8, 4) is 0 Å². The topological polar surface area (TPSA) is 60.4 Å². The Bertz CT molecular complexity index is 499. The number of hydrogen-bond donors (Lipinski definition) is 1. The van der Waals surface area contributed by atoms with Gasteiger partial charge in [-0.25, -0.2) is 4.79 Å². The van der Waals surface area contributed by atoms with E-state index in [4.69, 9.17) is 4.74 Å². The number of guanidine groups is 1. The molecular weight excluding hydrogens is 478 g/mol. The van der Waals surface area contributed by atoms with Gasteiger partial charge in [-0.05, 0) is 25.8 Å². The van der Waals surface area contributed by atoms with Gasteiger partial charge in [-0.2, -0.15) is 13.2 Å². The van der Waals surface area contributed by atoms with Crippen molar-refractivity contribution in [2.75, 3.05) is 66.0 Å². The first kappa shape index (κ1) is 24.1. The molecule has 0 saturated carbocycles. The van der Waals surface area contributed by atoms with Crippen LogP contribution in [0.15, 0.2) is 4.99 Å². The summed E-state index contributed by atoms with van der Waals surface area (Å²) in [6.45, 7) is 5.21. The van der Waals surface area contributed by atoms with Crippen molar-refractivity contribution >= 4 is 36.0 Å². The lowest BCUT2D eigenvalue weighted by Crippen LogP contribution is -2.54. The number of likely N-dealkylation sites (tertiary alicyclic amines) is 1. The highest BCUT2D eigenvalue weighted by Crippen LogP contribution is 2.22. The minimum atomic E-state index is -4.14. The summed E-state index contributed by atoms with van der Waals surface area (Å²) in [5.41, 5.74) is 0. The van der Waals surface area contributed by atoms with Crippen LogP contribution in [0.5, 0.6) is 0 Å². The average Bonchev–Trinajstić information content (AvgIpc) is 3.01. The number of nitrogens with zero attached hydrogens (tertiary/aromatic N) is 4. The quantitative estimate of drug-likeness (QED) is 0.358. The third kappa shape index (κ3) is 7.88. The Balaban J connectivity index is 0.00000364. The number of rotatable bonds is 4. The van der Waals surface area contributed by atoms with Crippen LogP contribution in [0.3, 0.4) is 0 Å². The first-order valence-electron chi connectivity index (χ1n) is 8.98. The van der Waals surface area contributed by atoms with Crippen LogP contribution in [0.1, 0.15) is 13.3 Å². The van der Waals surface area contributed by atoms with Crippen LogP contribution < -0.4 is 5.32 Å². The summed E-state index contributed by atoms with van der Waals surface area (Å²) in [5.74, 6) is 0.901. The fourth-order valence-corrected chi connectivity index (χ4v) is 3.36. The predicted molar refractivity (Wildman–Crippen MR) is 108 cm³/mol. The van der Waals surface area contributed by atoms with Crippen LogP contribution in [-0.4, -0.2) is 98.9 Å². The molecule has 2 saturated heterocycles. The second-order valence-corrected chi connectivity index (χ2v) is 6.61. The number of aliphatic imine (C=N–C) groups is 1. The maximum Gasteiger partial charge on any atom is 0.409 e. The lowest BCUT2D eigenvalue weighted by atomic mass is 10.1. The van der Waals surface area contributed by atoms with Gasteiger partial charge in [0.1, 0.15) is 0 Å². The molecule has 2 aliphatic heterocycles. The lowest BCUT2D eigenvalue weighted by Gasteiger charge is -2.36. The van der Waals surface area contributed by atoms with E-state index in [1.807, 2.05) is 0 Å². The van der Waals surface area contributed by atoms with E-state index in [0.29, 0.717) is 52.4 Å². The lowest BCUT2D eigenvalue weighted by molar-refractivity contribution is -0.143. The summed E-state index contributed by atoms with van der Waals surface area (Å²) < 4.78 is 42.4. The van der Waals surface area contributed by atoms with Crippen molar-refractivity contribution in [3.05, 3.63) is 0 Å². The molecule has 1 N–H and O–H groups in total. The molecule has 0 aliphatic carbocycles. The highest BCUT2D eigenvalue weighted by Gasteiger charge is 2.34. The van der Waals surface area contributed by atoms with Crippen LogP contribution in [-0.2, 0) is 4.74 Å². The second kappa shape index (κ2) is 11.1. The zero-order chi connectivity index (χ0) is 19.2.